The molecule has 3 N–H and O–H groups in total. The molecule has 0 saturated heterocycles. The molecule has 3 heteroatoms. The standard InChI is InChI=1S/C14H14N2S/c15-14(16)13-9-5-4-6-11(13)10-17-12-7-2-1-3-8-12/h1-9H,10H2,(H3,15,16). The average Bonchev–Trinajstić information content (AvgIpc) is 2.38. The van der Waals surface area contributed by atoms with Crippen LogP contribution in [0, 0.1) is 5.41 Å². The number of thioether (sulfide) groups is 1. The molecule has 2 aromatic rings. The van der Waals surface area contributed by atoms with Gasteiger partial charge in [0.2, 0.25) is 0 Å². The van der Waals surface area contributed by atoms with E-state index >= 15 is 0 Å². The first-order valence-electron chi connectivity index (χ1n) is 5.37. The van der Waals surface area contributed by atoms with Crippen LogP contribution in [-0.2, 0) is 5.75 Å². The molecule has 17 heavy (non-hydrogen) atoms. The maximum atomic E-state index is 7.53. The smallest absolute Gasteiger partial charge is 0.123 e. The summed E-state index contributed by atoms with van der Waals surface area (Å²) in [5, 5.41) is 7.53. The Morgan fingerprint density at radius 3 is 2.35 bits per heavy atom. The van der Waals surface area contributed by atoms with E-state index in [0.717, 1.165) is 16.9 Å². The van der Waals surface area contributed by atoms with Crippen molar-refractivity contribution in [3.8, 4) is 0 Å². The number of hydrogen-bond donors (Lipinski definition) is 2. The minimum Gasteiger partial charge on any atom is -0.384 e. The van der Waals surface area contributed by atoms with E-state index in [1.807, 2.05) is 42.5 Å². The molecule has 0 radical (unpaired) electrons. The largest absolute Gasteiger partial charge is 0.384 e. The lowest BCUT2D eigenvalue weighted by Crippen LogP contribution is -2.13. The first kappa shape index (κ1) is 11.7. The Balaban J connectivity index is 2.12. The molecule has 0 aliphatic carbocycles. The van der Waals surface area contributed by atoms with Crippen LogP contribution < -0.4 is 5.73 Å². The molecule has 2 nitrogen and oxygen atoms in total. The van der Waals surface area contributed by atoms with Gasteiger partial charge in [-0.2, -0.15) is 0 Å². The van der Waals surface area contributed by atoms with Gasteiger partial charge in [0.15, 0.2) is 0 Å². The van der Waals surface area contributed by atoms with Crippen molar-refractivity contribution in [3.05, 3.63) is 65.7 Å². The quantitative estimate of drug-likeness (QED) is 0.491. The molecule has 0 heterocycles. The average molecular weight is 242 g/mol. The maximum Gasteiger partial charge on any atom is 0.123 e. The molecule has 0 fully saturated rings. The predicted molar refractivity (Wildman–Crippen MR) is 73.5 cm³/mol. The van der Waals surface area contributed by atoms with Gasteiger partial charge < -0.3 is 5.73 Å². The van der Waals surface area contributed by atoms with Gasteiger partial charge in [0, 0.05) is 16.2 Å². The van der Waals surface area contributed by atoms with Gasteiger partial charge in [0.25, 0.3) is 0 Å². The summed E-state index contributed by atoms with van der Waals surface area (Å²) >= 11 is 1.75. The molecule has 86 valence electrons. The van der Waals surface area contributed by atoms with E-state index in [4.69, 9.17) is 11.1 Å². The minimum absolute atomic E-state index is 0.134. The number of benzene rings is 2. The molecule has 0 amide bonds. The van der Waals surface area contributed by atoms with Crippen LogP contribution in [0.1, 0.15) is 11.1 Å². The van der Waals surface area contributed by atoms with Gasteiger partial charge in [-0.3, -0.25) is 5.41 Å². The summed E-state index contributed by atoms with van der Waals surface area (Å²) in [5.41, 5.74) is 7.49. The van der Waals surface area contributed by atoms with E-state index in [1.54, 1.807) is 11.8 Å². The summed E-state index contributed by atoms with van der Waals surface area (Å²) in [7, 11) is 0. The molecule has 0 aromatic heterocycles. The van der Waals surface area contributed by atoms with Crippen LogP contribution in [0.5, 0.6) is 0 Å². The zero-order valence-electron chi connectivity index (χ0n) is 9.39. The highest BCUT2D eigenvalue weighted by atomic mass is 32.2. The first-order valence-corrected chi connectivity index (χ1v) is 6.36. The minimum atomic E-state index is 0.134. The van der Waals surface area contributed by atoms with Crippen molar-refractivity contribution in [1.29, 1.82) is 5.41 Å². The number of rotatable bonds is 4. The molecule has 2 aromatic carbocycles. The summed E-state index contributed by atoms with van der Waals surface area (Å²) in [5.74, 6) is 0.967. The van der Waals surface area contributed by atoms with Crippen LogP contribution in [0.2, 0.25) is 0 Å². The summed E-state index contributed by atoms with van der Waals surface area (Å²) < 4.78 is 0. The fourth-order valence-electron chi connectivity index (χ4n) is 1.59. The van der Waals surface area contributed by atoms with Crippen molar-refractivity contribution in [2.24, 2.45) is 5.73 Å². The normalized spacial score (nSPS) is 10.1. The van der Waals surface area contributed by atoms with Crippen LogP contribution >= 0.6 is 11.8 Å². The molecule has 2 rings (SSSR count). The van der Waals surface area contributed by atoms with Gasteiger partial charge in [0.05, 0.1) is 0 Å². The number of amidine groups is 1. The lowest BCUT2D eigenvalue weighted by Gasteiger charge is -2.07. The van der Waals surface area contributed by atoms with E-state index in [1.165, 1.54) is 4.90 Å². The topological polar surface area (TPSA) is 49.9 Å². The number of nitrogen functional groups attached to an aromatic ring is 1. The molecule has 0 aliphatic rings. The third-order valence-electron chi connectivity index (χ3n) is 2.45. The molecule has 0 spiro atoms. The second-order valence-electron chi connectivity index (χ2n) is 3.67. The fourth-order valence-corrected chi connectivity index (χ4v) is 2.51. The predicted octanol–water partition coefficient (Wildman–Crippen LogP) is 3.26. The summed E-state index contributed by atoms with van der Waals surface area (Å²) in [4.78, 5) is 1.23. The lowest BCUT2D eigenvalue weighted by molar-refractivity contribution is 1.33. The van der Waals surface area contributed by atoms with Crippen LogP contribution in [0.4, 0.5) is 0 Å². The molecule has 0 atom stereocenters. The molecule has 0 bridgehead atoms. The second-order valence-corrected chi connectivity index (χ2v) is 4.72. The molecule has 0 unspecified atom stereocenters. The molecule has 0 saturated carbocycles. The van der Waals surface area contributed by atoms with E-state index in [0.29, 0.717) is 0 Å². The SMILES string of the molecule is N=C(N)c1ccccc1CSc1ccccc1. The Morgan fingerprint density at radius 1 is 1.00 bits per heavy atom. The first-order chi connectivity index (χ1) is 8.27. The zero-order chi connectivity index (χ0) is 12.1. The Bertz CT molecular complexity index is 509. The van der Waals surface area contributed by atoms with E-state index in [9.17, 15) is 0 Å². The highest BCUT2D eigenvalue weighted by Crippen LogP contribution is 2.23. The third kappa shape index (κ3) is 3.11. The van der Waals surface area contributed by atoms with Crippen LogP contribution in [0.3, 0.4) is 0 Å². The van der Waals surface area contributed by atoms with Crippen molar-refractivity contribution < 1.29 is 0 Å². The Labute approximate surface area is 105 Å². The van der Waals surface area contributed by atoms with Crippen molar-refractivity contribution in [2.75, 3.05) is 0 Å². The van der Waals surface area contributed by atoms with Gasteiger partial charge in [0.1, 0.15) is 5.84 Å². The Kier molecular flexibility index (Phi) is 3.83. The maximum absolute atomic E-state index is 7.53. The number of nitrogens with two attached hydrogens (primary N) is 1. The van der Waals surface area contributed by atoms with Crippen LogP contribution in [0.15, 0.2) is 59.5 Å². The van der Waals surface area contributed by atoms with Crippen molar-refractivity contribution in [2.45, 2.75) is 10.6 Å². The van der Waals surface area contributed by atoms with Gasteiger partial charge in [-0.05, 0) is 17.7 Å². The van der Waals surface area contributed by atoms with Gasteiger partial charge in [-0.1, -0.05) is 42.5 Å². The molecular weight excluding hydrogens is 228 g/mol. The third-order valence-corrected chi connectivity index (χ3v) is 3.51. The van der Waals surface area contributed by atoms with E-state index < -0.39 is 0 Å². The lowest BCUT2D eigenvalue weighted by atomic mass is 10.1. The van der Waals surface area contributed by atoms with Crippen LogP contribution in [-0.4, -0.2) is 5.84 Å². The van der Waals surface area contributed by atoms with Gasteiger partial charge in [-0.25, -0.2) is 0 Å². The second kappa shape index (κ2) is 5.55. The van der Waals surface area contributed by atoms with Crippen LogP contribution in [0.25, 0.3) is 0 Å². The number of nitrogens with one attached hydrogen (secondary N) is 1. The molecule has 0 aliphatic heterocycles. The van der Waals surface area contributed by atoms with E-state index in [2.05, 4.69) is 12.1 Å². The summed E-state index contributed by atoms with van der Waals surface area (Å²) in [6.07, 6.45) is 0. The highest BCUT2D eigenvalue weighted by molar-refractivity contribution is 7.98. The van der Waals surface area contributed by atoms with Crippen molar-refractivity contribution in [3.63, 3.8) is 0 Å². The highest BCUT2D eigenvalue weighted by Gasteiger charge is 2.04. The van der Waals surface area contributed by atoms with Gasteiger partial charge >= 0.3 is 0 Å². The van der Waals surface area contributed by atoms with E-state index in [-0.39, 0.29) is 5.84 Å². The zero-order valence-corrected chi connectivity index (χ0v) is 10.2. The van der Waals surface area contributed by atoms with Gasteiger partial charge in [-0.15, -0.1) is 11.8 Å². The fraction of sp³-hybridized carbons (Fsp3) is 0.0714. The summed E-state index contributed by atoms with van der Waals surface area (Å²) in [6, 6.07) is 18.0. The summed E-state index contributed by atoms with van der Waals surface area (Å²) in [6.45, 7) is 0. The van der Waals surface area contributed by atoms with Crippen molar-refractivity contribution >= 4 is 17.6 Å². The monoisotopic (exact) mass is 242 g/mol. The Morgan fingerprint density at radius 2 is 1.65 bits per heavy atom. The van der Waals surface area contributed by atoms with Crippen molar-refractivity contribution in [1.82, 2.24) is 0 Å². The Hall–Kier alpha value is -1.74. The molecular formula is C14H14N2S. The number of hydrogen-bond acceptors (Lipinski definition) is 2.